The average molecular weight is 898 g/mol. The molecule has 0 unspecified atom stereocenters. The largest absolute Gasteiger partial charge is 0.507 e. The normalized spacial score (nSPS) is 12.0. The van der Waals surface area contributed by atoms with E-state index in [0.29, 0.717) is 29.1 Å². The topological polar surface area (TPSA) is 60.7 Å². The van der Waals surface area contributed by atoms with Gasteiger partial charge < -0.3 is 15.3 Å². The first-order chi connectivity index (χ1) is 29.0. The molecule has 0 bridgehead atoms. The van der Waals surface area contributed by atoms with Crippen molar-refractivity contribution >= 4 is 29.4 Å². The molecule has 0 saturated carbocycles. The second-order valence-corrected chi connectivity index (χ2v) is 37.9. The number of hydrogen-bond acceptors (Lipinski definition) is 3. The summed E-state index contributed by atoms with van der Waals surface area (Å²) in [4.78, 5) is 0. The van der Waals surface area contributed by atoms with Gasteiger partial charge in [0.2, 0.25) is 0 Å². The van der Waals surface area contributed by atoms with Crippen LogP contribution in [0.5, 0.6) is 17.2 Å². The number of benzene rings is 4. The molecule has 0 amide bonds. The molecule has 346 valence electrons. The lowest BCUT2D eigenvalue weighted by atomic mass is 9.91. The van der Waals surface area contributed by atoms with Crippen LogP contribution in [-0.4, -0.2) is 39.5 Å². The summed E-state index contributed by atoms with van der Waals surface area (Å²) >= 11 is 0. The van der Waals surface area contributed by atoms with Gasteiger partial charge in [0.1, 0.15) is 17.2 Å². The molecule has 0 aliphatic carbocycles. The molecule has 0 heterocycles. The van der Waals surface area contributed by atoms with Crippen LogP contribution in [0.25, 0.3) is 0 Å². The van der Waals surface area contributed by atoms with Gasteiger partial charge in [-0.15, -0.1) is 0 Å². The average Bonchev–Trinajstić information content (AvgIpc) is 3.19. The summed E-state index contributed by atoms with van der Waals surface area (Å²) in [5, 5.41) is 32.7. The van der Waals surface area contributed by atoms with Crippen molar-refractivity contribution in [2.24, 2.45) is 0 Å². The summed E-state index contributed by atoms with van der Waals surface area (Å²) in [6.45, 7) is 36.8. The Morgan fingerprint density at radius 2 is 0.710 bits per heavy atom. The molecule has 0 aliphatic heterocycles. The van der Waals surface area contributed by atoms with Crippen molar-refractivity contribution in [3.05, 3.63) is 117 Å². The second-order valence-electron chi connectivity index (χ2n) is 21.8. The maximum Gasteiger partial charge on any atom is 0.122 e. The third-order valence-electron chi connectivity index (χ3n) is 12.1. The quantitative estimate of drug-likeness (QED) is 0.0775. The fourth-order valence-corrected chi connectivity index (χ4v) is 12.5. The molecule has 4 aromatic carbocycles. The van der Waals surface area contributed by atoms with E-state index in [1.165, 1.54) is 46.4 Å². The lowest BCUT2D eigenvalue weighted by molar-refractivity contribution is 0.454. The Hall–Kier alpha value is -3.07. The summed E-state index contributed by atoms with van der Waals surface area (Å²) in [5.41, 5.74) is 11.0. The van der Waals surface area contributed by atoms with Crippen LogP contribution in [0.1, 0.15) is 143 Å². The lowest BCUT2D eigenvalue weighted by Crippen LogP contribution is -2.41. The predicted octanol–water partition coefficient (Wildman–Crippen LogP) is 16.2. The molecule has 6 heteroatoms. The number of aromatic hydroxyl groups is 3. The molecule has 3 nitrogen and oxygen atoms in total. The summed E-state index contributed by atoms with van der Waals surface area (Å²) in [6.07, 6.45) is 11.7. The highest BCUT2D eigenvalue weighted by Gasteiger charge is 2.23. The second kappa shape index (κ2) is 26.0. The van der Waals surface area contributed by atoms with E-state index in [4.69, 9.17) is 0 Å². The highest BCUT2D eigenvalue weighted by molar-refractivity contribution is 6.89. The fourth-order valence-electron chi connectivity index (χ4n) is 8.09. The summed E-state index contributed by atoms with van der Waals surface area (Å²) < 4.78 is 0. The van der Waals surface area contributed by atoms with Crippen molar-refractivity contribution in [2.75, 3.05) is 0 Å². The zero-order valence-corrected chi connectivity index (χ0v) is 45.7. The highest BCUT2D eigenvalue weighted by Crippen LogP contribution is 2.36. The number of phenols is 3. The molecule has 3 N–H and O–H groups in total. The Kier molecular flexibility index (Phi) is 23.1. The third kappa shape index (κ3) is 19.0. The van der Waals surface area contributed by atoms with Crippen LogP contribution in [0, 0.1) is 0 Å². The van der Waals surface area contributed by atoms with Gasteiger partial charge in [-0.1, -0.05) is 217 Å². The van der Waals surface area contributed by atoms with Gasteiger partial charge in [0.15, 0.2) is 0 Å². The van der Waals surface area contributed by atoms with Gasteiger partial charge in [-0.25, -0.2) is 0 Å². The Balaban J connectivity index is 0.000000324. The van der Waals surface area contributed by atoms with E-state index in [2.05, 4.69) is 174 Å². The molecule has 4 aromatic rings. The van der Waals surface area contributed by atoms with Gasteiger partial charge in [-0.05, 0) is 113 Å². The van der Waals surface area contributed by atoms with Gasteiger partial charge in [0, 0.05) is 16.1 Å². The van der Waals surface area contributed by atoms with Gasteiger partial charge in [-0.2, -0.15) is 0 Å². The van der Waals surface area contributed by atoms with E-state index in [1.54, 1.807) is 0 Å². The Morgan fingerprint density at radius 3 is 1.00 bits per heavy atom. The van der Waals surface area contributed by atoms with Crippen LogP contribution in [-0.2, 0) is 44.9 Å². The lowest BCUT2D eigenvalue weighted by Gasteiger charge is -2.23. The van der Waals surface area contributed by atoms with E-state index in [1.807, 2.05) is 0 Å². The van der Waals surface area contributed by atoms with Gasteiger partial charge in [0.05, 0.1) is 8.07 Å². The van der Waals surface area contributed by atoms with Crippen LogP contribution in [0.3, 0.4) is 0 Å². The Labute approximate surface area is 385 Å². The zero-order chi connectivity index (χ0) is 46.8. The Bertz CT molecular complexity index is 1830. The zero-order valence-electron chi connectivity index (χ0n) is 42.7. The van der Waals surface area contributed by atoms with Crippen LogP contribution < -0.4 is 5.19 Å². The van der Waals surface area contributed by atoms with Crippen LogP contribution in [0.4, 0.5) is 0 Å². The minimum absolute atomic E-state index is 0.379. The smallest absolute Gasteiger partial charge is 0.122 e. The van der Waals surface area contributed by atoms with E-state index in [9.17, 15) is 15.3 Å². The molecular weight excluding hydrogens is 805 g/mol. The highest BCUT2D eigenvalue weighted by atomic mass is 28.3. The molecule has 62 heavy (non-hydrogen) atoms. The van der Waals surface area contributed by atoms with Gasteiger partial charge in [0.25, 0.3) is 0 Å². The number of aryl methyl sites for hydroxylation is 7. The molecule has 0 spiro atoms. The van der Waals surface area contributed by atoms with Gasteiger partial charge in [-0.3, -0.25) is 0 Å². The van der Waals surface area contributed by atoms with Gasteiger partial charge >= 0.3 is 0 Å². The van der Waals surface area contributed by atoms with Crippen LogP contribution >= 0.6 is 0 Å². The van der Waals surface area contributed by atoms with Crippen LogP contribution in [0.15, 0.2) is 66.7 Å². The number of phenolic OH excluding ortho intramolecular Hbond substituents is 3. The van der Waals surface area contributed by atoms with Crippen molar-refractivity contribution in [3.63, 3.8) is 0 Å². The van der Waals surface area contributed by atoms with Crippen molar-refractivity contribution in [1.29, 1.82) is 0 Å². The first-order valence-electron chi connectivity index (χ1n) is 24.5. The van der Waals surface area contributed by atoms with E-state index >= 15 is 0 Å². The van der Waals surface area contributed by atoms with Crippen molar-refractivity contribution in [1.82, 2.24) is 0 Å². The first-order valence-corrected chi connectivity index (χ1v) is 35.2. The van der Waals surface area contributed by atoms with Crippen LogP contribution in [0.2, 0.25) is 70.5 Å². The number of rotatable bonds is 20. The molecule has 0 saturated heterocycles. The monoisotopic (exact) mass is 897 g/mol. The first kappa shape index (κ1) is 55.1. The summed E-state index contributed by atoms with van der Waals surface area (Å²) in [6, 6.07) is 28.3. The molecule has 0 fully saturated rings. The molecular formula is C56H92O3Si3. The minimum Gasteiger partial charge on any atom is -0.507 e. The molecule has 4 rings (SSSR count). The Morgan fingerprint density at radius 1 is 0.403 bits per heavy atom. The van der Waals surface area contributed by atoms with E-state index in [-0.39, 0.29) is 0 Å². The van der Waals surface area contributed by atoms with Crippen molar-refractivity contribution in [3.8, 4) is 17.2 Å². The summed E-state index contributed by atoms with van der Waals surface area (Å²) in [7, 11) is -3.40. The van der Waals surface area contributed by atoms with Crippen molar-refractivity contribution < 1.29 is 15.3 Å². The molecule has 0 aliphatic rings. The maximum absolute atomic E-state index is 10.5. The standard InChI is InChI=1S/C22H32OSi.2C17H30OSi/c1-5-10-19-16-18(17-20(11-6-2)22(19)23)14-15-24(3,4)21-12-8-7-9-13-21;1-12(2)15-10-14(8-9-19(5,6)7)11-16(13(3)4)17(15)18;1-6-8-15-12-14(10-11-19(3,4)5)13-16(9-7-2)17(15)18/h7-9,12-13,16-17,23H,5-6,10-11,14-15H2,1-4H3;10-13,18H,8-9H2,1-7H3;12-13,18H,6-11H2,1-5H3. The number of hydrogen-bond donors (Lipinski definition) is 3. The maximum atomic E-state index is 10.5. The molecule has 0 atom stereocenters. The predicted molar refractivity (Wildman–Crippen MR) is 284 cm³/mol. The fraction of sp³-hybridized carbons (Fsp3) is 0.571. The SMILES string of the molecule is CC(C)c1cc(CC[Si](C)(C)C)cc(C(C)C)c1O.CCCc1cc(CC[Si](C)(C)C)cc(CCC)c1O.CCCc1cc(CC[Si](C)(C)c2ccccc2)cc(CCC)c1O. The van der Waals surface area contributed by atoms with Crippen molar-refractivity contribution in [2.45, 2.75) is 208 Å². The third-order valence-corrected chi connectivity index (χ3v) is 19.0. The molecule has 0 aromatic heterocycles. The summed E-state index contributed by atoms with van der Waals surface area (Å²) in [5.74, 6) is 2.37. The molecule has 0 radical (unpaired) electrons. The van der Waals surface area contributed by atoms with E-state index < -0.39 is 24.2 Å². The van der Waals surface area contributed by atoms with E-state index in [0.717, 1.165) is 97.6 Å². The minimum atomic E-state index is -1.41.